The summed E-state index contributed by atoms with van der Waals surface area (Å²) in [6.07, 6.45) is 3.29. The number of furan rings is 1. The molecule has 1 aromatic carbocycles. The van der Waals surface area contributed by atoms with Gasteiger partial charge in [-0.25, -0.2) is 0 Å². The first-order valence-corrected chi connectivity index (χ1v) is 9.25. The Morgan fingerprint density at radius 2 is 1.62 bits per heavy atom. The summed E-state index contributed by atoms with van der Waals surface area (Å²) in [7, 11) is 0. The van der Waals surface area contributed by atoms with Crippen molar-refractivity contribution in [3.8, 4) is 0 Å². The maximum absolute atomic E-state index is 12.8. The SMILES string of the molecule is CC(C)Cc1ccc(C(=O)N2CCCN(C(=O)c3ccco3)CC2)cc1. The second-order valence-electron chi connectivity index (χ2n) is 7.21. The molecular weight excluding hydrogens is 328 g/mol. The third-order valence-electron chi connectivity index (χ3n) is 4.65. The Morgan fingerprint density at radius 1 is 0.962 bits per heavy atom. The molecule has 0 bridgehead atoms. The van der Waals surface area contributed by atoms with E-state index in [1.807, 2.05) is 29.2 Å². The molecule has 138 valence electrons. The Labute approximate surface area is 154 Å². The van der Waals surface area contributed by atoms with Crippen molar-refractivity contribution >= 4 is 11.8 Å². The zero-order valence-corrected chi connectivity index (χ0v) is 15.5. The van der Waals surface area contributed by atoms with E-state index in [0.29, 0.717) is 43.4 Å². The molecule has 1 saturated heterocycles. The van der Waals surface area contributed by atoms with E-state index in [9.17, 15) is 9.59 Å². The first kappa shape index (κ1) is 18.2. The molecular formula is C21H26N2O3. The van der Waals surface area contributed by atoms with Crippen LogP contribution in [0.3, 0.4) is 0 Å². The summed E-state index contributed by atoms with van der Waals surface area (Å²) in [4.78, 5) is 28.8. The van der Waals surface area contributed by atoms with Gasteiger partial charge in [-0.15, -0.1) is 0 Å². The van der Waals surface area contributed by atoms with E-state index in [0.717, 1.165) is 12.8 Å². The molecule has 3 rings (SSSR count). The highest BCUT2D eigenvalue weighted by molar-refractivity contribution is 5.94. The largest absolute Gasteiger partial charge is 0.459 e. The van der Waals surface area contributed by atoms with Crippen molar-refractivity contribution in [2.75, 3.05) is 26.2 Å². The summed E-state index contributed by atoms with van der Waals surface area (Å²) < 4.78 is 5.20. The number of hydrogen-bond acceptors (Lipinski definition) is 3. The number of nitrogens with zero attached hydrogens (tertiary/aromatic N) is 2. The van der Waals surface area contributed by atoms with Crippen LogP contribution in [0.15, 0.2) is 47.1 Å². The zero-order chi connectivity index (χ0) is 18.5. The van der Waals surface area contributed by atoms with Crippen LogP contribution < -0.4 is 0 Å². The molecule has 0 aliphatic carbocycles. The lowest BCUT2D eigenvalue weighted by atomic mass is 10.0. The van der Waals surface area contributed by atoms with Gasteiger partial charge in [0, 0.05) is 31.7 Å². The minimum Gasteiger partial charge on any atom is -0.459 e. The molecule has 0 radical (unpaired) electrons. The zero-order valence-electron chi connectivity index (χ0n) is 15.5. The quantitative estimate of drug-likeness (QED) is 0.845. The molecule has 2 amide bonds. The van der Waals surface area contributed by atoms with Crippen molar-refractivity contribution in [3.63, 3.8) is 0 Å². The van der Waals surface area contributed by atoms with E-state index in [-0.39, 0.29) is 11.8 Å². The van der Waals surface area contributed by atoms with Crippen LogP contribution in [0, 0.1) is 5.92 Å². The summed E-state index contributed by atoms with van der Waals surface area (Å²) in [5.74, 6) is 0.876. The topological polar surface area (TPSA) is 53.8 Å². The van der Waals surface area contributed by atoms with Crippen molar-refractivity contribution < 1.29 is 14.0 Å². The van der Waals surface area contributed by atoms with E-state index in [2.05, 4.69) is 13.8 Å². The van der Waals surface area contributed by atoms with Crippen molar-refractivity contribution in [1.82, 2.24) is 9.80 Å². The first-order valence-electron chi connectivity index (χ1n) is 9.25. The molecule has 1 aromatic heterocycles. The fourth-order valence-electron chi connectivity index (χ4n) is 3.32. The first-order chi connectivity index (χ1) is 12.5. The molecule has 2 aromatic rings. The lowest BCUT2D eigenvalue weighted by Crippen LogP contribution is -2.37. The molecule has 0 N–H and O–H groups in total. The van der Waals surface area contributed by atoms with Gasteiger partial charge in [0.2, 0.25) is 0 Å². The Kier molecular flexibility index (Phi) is 5.76. The molecule has 0 atom stereocenters. The highest BCUT2D eigenvalue weighted by Gasteiger charge is 2.24. The van der Waals surface area contributed by atoms with Crippen molar-refractivity contribution in [2.24, 2.45) is 5.92 Å². The van der Waals surface area contributed by atoms with Gasteiger partial charge in [-0.05, 0) is 48.6 Å². The van der Waals surface area contributed by atoms with E-state index in [4.69, 9.17) is 4.42 Å². The summed E-state index contributed by atoms with van der Waals surface area (Å²) in [6, 6.07) is 11.3. The van der Waals surface area contributed by atoms with Crippen LogP contribution in [-0.2, 0) is 6.42 Å². The normalized spacial score (nSPS) is 15.2. The maximum Gasteiger partial charge on any atom is 0.289 e. The second-order valence-corrected chi connectivity index (χ2v) is 7.21. The average molecular weight is 354 g/mol. The van der Waals surface area contributed by atoms with Gasteiger partial charge in [0.25, 0.3) is 11.8 Å². The van der Waals surface area contributed by atoms with E-state index < -0.39 is 0 Å². The van der Waals surface area contributed by atoms with Crippen LogP contribution in [0.25, 0.3) is 0 Å². The minimum absolute atomic E-state index is 0.0356. The third-order valence-corrected chi connectivity index (χ3v) is 4.65. The highest BCUT2D eigenvalue weighted by atomic mass is 16.3. The lowest BCUT2D eigenvalue weighted by molar-refractivity contribution is 0.0700. The molecule has 0 unspecified atom stereocenters. The van der Waals surface area contributed by atoms with Crippen LogP contribution in [0.1, 0.15) is 46.7 Å². The lowest BCUT2D eigenvalue weighted by Gasteiger charge is -2.22. The smallest absolute Gasteiger partial charge is 0.289 e. The van der Waals surface area contributed by atoms with Crippen molar-refractivity contribution in [2.45, 2.75) is 26.7 Å². The molecule has 0 spiro atoms. The molecule has 5 heteroatoms. The van der Waals surface area contributed by atoms with Crippen molar-refractivity contribution in [1.29, 1.82) is 0 Å². The van der Waals surface area contributed by atoms with Gasteiger partial charge < -0.3 is 14.2 Å². The Morgan fingerprint density at radius 3 is 2.19 bits per heavy atom. The summed E-state index contributed by atoms with van der Waals surface area (Å²) in [5, 5.41) is 0. The Bertz CT molecular complexity index is 735. The van der Waals surface area contributed by atoms with Gasteiger partial charge in [-0.3, -0.25) is 9.59 Å². The molecule has 2 heterocycles. The molecule has 26 heavy (non-hydrogen) atoms. The fourth-order valence-corrected chi connectivity index (χ4v) is 3.32. The van der Waals surface area contributed by atoms with Crippen LogP contribution in [0.5, 0.6) is 0 Å². The predicted molar refractivity (Wildman–Crippen MR) is 100 cm³/mol. The molecule has 5 nitrogen and oxygen atoms in total. The Balaban J connectivity index is 1.61. The number of benzene rings is 1. The molecule has 1 aliphatic heterocycles. The fraction of sp³-hybridized carbons (Fsp3) is 0.429. The number of hydrogen-bond donors (Lipinski definition) is 0. The summed E-state index contributed by atoms with van der Waals surface area (Å²) in [6.45, 7) is 6.74. The molecule has 1 fully saturated rings. The van der Waals surface area contributed by atoms with E-state index in [1.54, 1.807) is 17.0 Å². The van der Waals surface area contributed by atoms with E-state index in [1.165, 1.54) is 11.8 Å². The standard InChI is InChI=1S/C21H26N2O3/c1-16(2)15-17-6-8-18(9-7-17)20(24)22-10-4-11-23(13-12-22)21(25)19-5-3-14-26-19/h3,5-9,14,16H,4,10-13,15H2,1-2H3. The summed E-state index contributed by atoms with van der Waals surface area (Å²) >= 11 is 0. The van der Waals surface area contributed by atoms with Gasteiger partial charge in [0.15, 0.2) is 5.76 Å². The third kappa shape index (κ3) is 4.34. The maximum atomic E-state index is 12.8. The average Bonchev–Trinajstić information content (AvgIpc) is 3.05. The van der Waals surface area contributed by atoms with Crippen LogP contribution >= 0.6 is 0 Å². The second kappa shape index (κ2) is 8.21. The number of carbonyl (C=O) groups excluding carboxylic acids is 2. The van der Waals surface area contributed by atoms with Crippen molar-refractivity contribution in [3.05, 3.63) is 59.5 Å². The van der Waals surface area contributed by atoms with E-state index >= 15 is 0 Å². The van der Waals surface area contributed by atoms with Gasteiger partial charge in [-0.2, -0.15) is 0 Å². The minimum atomic E-state index is -0.109. The van der Waals surface area contributed by atoms with Crippen LogP contribution in [0.4, 0.5) is 0 Å². The van der Waals surface area contributed by atoms with Crippen LogP contribution in [0.2, 0.25) is 0 Å². The van der Waals surface area contributed by atoms with Gasteiger partial charge >= 0.3 is 0 Å². The van der Waals surface area contributed by atoms with Gasteiger partial charge in [0.05, 0.1) is 6.26 Å². The number of carbonyl (C=O) groups is 2. The van der Waals surface area contributed by atoms with Gasteiger partial charge in [-0.1, -0.05) is 26.0 Å². The highest BCUT2D eigenvalue weighted by Crippen LogP contribution is 2.14. The summed E-state index contributed by atoms with van der Waals surface area (Å²) in [5.41, 5.74) is 1.96. The van der Waals surface area contributed by atoms with Crippen LogP contribution in [-0.4, -0.2) is 47.8 Å². The molecule has 1 aliphatic rings. The van der Waals surface area contributed by atoms with Gasteiger partial charge in [0.1, 0.15) is 0 Å². The number of rotatable bonds is 4. The predicted octanol–water partition coefficient (Wildman–Crippen LogP) is 3.47. The monoisotopic (exact) mass is 354 g/mol. The molecule has 0 saturated carbocycles. The Hall–Kier alpha value is -2.56. The number of amides is 2.